The standard InChI is InChI=1S/C10H12O4/c1-6(2)9(11)7-4-5-8(14-7)10(12)13-3/h4-6H,1-3H3. The molecule has 0 spiro atoms. The van der Waals surface area contributed by atoms with Gasteiger partial charge in [-0.3, -0.25) is 4.79 Å². The van der Waals surface area contributed by atoms with E-state index in [0.717, 1.165) is 0 Å². The lowest BCUT2D eigenvalue weighted by atomic mass is 10.1. The number of hydrogen-bond donors (Lipinski definition) is 0. The Labute approximate surface area is 81.9 Å². The van der Waals surface area contributed by atoms with Crippen LogP contribution in [0.2, 0.25) is 0 Å². The molecular formula is C10H12O4. The fourth-order valence-electron chi connectivity index (χ4n) is 0.965. The second kappa shape index (κ2) is 4.09. The Bertz CT molecular complexity index is 349. The molecule has 0 fully saturated rings. The molecule has 4 nitrogen and oxygen atoms in total. The van der Waals surface area contributed by atoms with Crippen molar-refractivity contribution >= 4 is 11.8 Å². The third-order valence-electron chi connectivity index (χ3n) is 1.76. The van der Waals surface area contributed by atoms with Gasteiger partial charge in [-0.05, 0) is 12.1 Å². The van der Waals surface area contributed by atoms with Crippen LogP contribution in [0.15, 0.2) is 16.5 Å². The fourth-order valence-corrected chi connectivity index (χ4v) is 0.965. The van der Waals surface area contributed by atoms with Crippen molar-refractivity contribution in [3.05, 3.63) is 23.7 Å². The fraction of sp³-hybridized carbons (Fsp3) is 0.400. The number of ether oxygens (including phenoxy) is 1. The van der Waals surface area contributed by atoms with Gasteiger partial charge in [-0.1, -0.05) is 13.8 Å². The van der Waals surface area contributed by atoms with Gasteiger partial charge in [0.15, 0.2) is 5.76 Å². The summed E-state index contributed by atoms with van der Waals surface area (Å²) in [5.74, 6) is -0.600. The molecule has 14 heavy (non-hydrogen) atoms. The minimum Gasteiger partial charge on any atom is -0.463 e. The second-order valence-corrected chi connectivity index (χ2v) is 3.17. The average Bonchev–Trinajstić information content (AvgIpc) is 2.64. The SMILES string of the molecule is COC(=O)c1ccc(C(=O)C(C)C)o1. The van der Waals surface area contributed by atoms with Crippen molar-refractivity contribution in [1.29, 1.82) is 0 Å². The van der Waals surface area contributed by atoms with E-state index in [0.29, 0.717) is 0 Å². The third-order valence-corrected chi connectivity index (χ3v) is 1.76. The van der Waals surface area contributed by atoms with Crippen molar-refractivity contribution in [1.82, 2.24) is 0 Å². The maximum atomic E-state index is 11.4. The molecule has 1 aromatic heterocycles. The summed E-state index contributed by atoms with van der Waals surface area (Å²) in [5, 5.41) is 0. The van der Waals surface area contributed by atoms with E-state index in [2.05, 4.69) is 4.74 Å². The van der Waals surface area contributed by atoms with E-state index in [1.165, 1.54) is 19.2 Å². The highest BCUT2D eigenvalue weighted by molar-refractivity contribution is 5.96. The zero-order valence-electron chi connectivity index (χ0n) is 8.37. The van der Waals surface area contributed by atoms with Crippen molar-refractivity contribution in [2.75, 3.05) is 7.11 Å². The molecule has 76 valence electrons. The van der Waals surface area contributed by atoms with E-state index >= 15 is 0 Å². The lowest BCUT2D eigenvalue weighted by molar-refractivity contribution is 0.0562. The normalized spacial score (nSPS) is 10.3. The van der Waals surface area contributed by atoms with Gasteiger partial charge in [0, 0.05) is 5.92 Å². The largest absolute Gasteiger partial charge is 0.463 e. The number of ketones is 1. The van der Waals surface area contributed by atoms with Crippen LogP contribution in [-0.2, 0) is 4.74 Å². The van der Waals surface area contributed by atoms with E-state index in [9.17, 15) is 9.59 Å². The van der Waals surface area contributed by atoms with Crippen molar-refractivity contribution in [3.63, 3.8) is 0 Å². The number of methoxy groups -OCH3 is 1. The molecule has 0 bridgehead atoms. The van der Waals surface area contributed by atoms with Gasteiger partial charge in [0.25, 0.3) is 0 Å². The summed E-state index contributed by atoms with van der Waals surface area (Å²) in [5.41, 5.74) is 0. The molecule has 0 amide bonds. The zero-order valence-corrected chi connectivity index (χ0v) is 8.37. The summed E-state index contributed by atoms with van der Waals surface area (Å²) in [6.45, 7) is 3.53. The van der Waals surface area contributed by atoms with E-state index in [1.54, 1.807) is 13.8 Å². The Balaban J connectivity index is 2.88. The summed E-state index contributed by atoms with van der Waals surface area (Å²) in [6.07, 6.45) is 0. The number of carbonyl (C=O) groups excluding carboxylic acids is 2. The van der Waals surface area contributed by atoms with Crippen molar-refractivity contribution < 1.29 is 18.7 Å². The smallest absolute Gasteiger partial charge is 0.373 e. The Morgan fingerprint density at radius 3 is 2.36 bits per heavy atom. The first-order valence-electron chi connectivity index (χ1n) is 4.28. The van der Waals surface area contributed by atoms with Gasteiger partial charge < -0.3 is 9.15 Å². The second-order valence-electron chi connectivity index (χ2n) is 3.17. The van der Waals surface area contributed by atoms with Gasteiger partial charge in [0.05, 0.1) is 7.11 Å². The van der Waals surface area contributed by atoms with Gasteiger partial charge in [-0.25, -0.2) is 4.79 Å². The van der Waals surface area contributed by atoms with Crippen LogP contribution in [0.4, 0.5) is 0 Å². The van der Waals surface area contributed by atoms with Gasteiger partial charge >= 0.3 is 5.97 Å². The van der Waals surface area contributed by atoms with Crippen molar-refractivity contribution in [3.8, 4) is 0 Å². The zero-order chi connectivity index (χ0) is 10.7. The van der Waals surface area contributed by atoms with Crippen LogP contribution in [0.5, 0.6) is 0 Å². The molecule has 0 unspecified atom stereocenters. The molecule has 0 N–H and O–H groups in total. The highest BCUT2D eigenvalue weighted by atomic mass is 16.5. The Morgan fingerprint density at radius 1 is 1.29 bits per heavy atom. The molecule has 0 aliphatic rings. The molecule has 0 atom stereocenters. The van der Waals surface area contributed by atoms with Crippen molar-refractivity contribution in [2.24, 2.45) is 5.92 Å². The summed E-state index contributed by atoms with van der Waals surface area (Å²) in [6, 6.07) is 2.91. The molecule has 0 radical (unpaired) electrons. The first-order chi connectivity index (χ1) is 6.56. The maximum Gasteiger partial charge on any atom is 0.373 e. The molecule has 0 saturated heterocycles. The van der Waals surface area contributed by atoms with Gasteiger partial charge in [0.2, 0.25) is 11.5 Å². The average molecular weight is 196 g/mol. The van der Waals surface area contributed by atoms with Crippen LogP contribution in [-0.4, -0.2) is 18.9 Å². The summed E-state index contributed by atoms with van der Waals surface area (Å²) < 4.78 is 9.48. The van der Waals surface area contributed by atoms with Crippen LogP contribution in [0, 0.1) is 5.92 Å². The van der Waals surface area contributed by atoms with Gasteiger partial charge in [-0.15, -0.1) is 0 Å². The highest BCUT2D eigenvalue weighted by Gasteiger charge is 2.17. The predicted octanol–water partition coefficient (Wildman–Crippen LogP) is 1.90. The molecule has 0 aliphatic heterocycles. The van der Waals surface area contributed by atoms with E-state index in [4.69, 9.17) is 4.42 Å². The van der Waals surface area contributed by atoms with Crippen molar-refractivity contribution in [2.45, 2.75) is 13.8 Å². The Morgan fingerprint density at radius 2 is 1.86 bits per heavy atom. The first kappa shape index (κ1) is 10.5. The van der Waals surface area contributed by atoms with E-state index in [-0.39, 0.29) is 23.2 Å². The lowest BCUT2D eigenvalue weighted by Gasteiger charge is -1.98. The molecule has 0 aliphatic carbocycles. The minimum absolute atomic E-state index is 0.0523. The number of Topliss-reactive ketones (excluding diaryl/α,β-unsaturated/α-hetero) is 1. The monoisotopic (exact) mass is 196 g/mol. The van der Waals surface area contributed by atoms with Crippen LogP contribution in [0.3, 0.4) is 0 Å². The quantitative estimate of drug-likeness (QED) is 0.547. The summed E-state index contributed by atoms with van der Waals surface area (Å²) in [7, 11) is 1.26. The Hall–Kier alpha value is -1.58. The molecule has 1 aromatic rings. The first-order valence-corrected chi connectivity index (χ1v) is 4.28. The topological polar surface area (TPSA) is 56.5 Å². The van der Waals surface area contributed by atoms with Crippen LogP contribution < -0.4 is 0 Å². The van der Waals surface area contributed by atoms with Gasteiger partial charge in [0.1, 0.15) is 0 Å². The molecule has 4 heteroatoms. The third kappa shape index (κ3) is 2.02. The van der Waals surface area contributed by atoms with Crippen LogP contribution in [0.1, 0.15) is 35.0 Å². The number of hydrogen-bond acceptors (Lipinski definition) is 4. The number of carbonyl (C=O) groups is 2. The number of furan rings is 1. The Kier molecular flexibility index (Phi) is 3.06. The number of rotatable bonds is 3. The summed E-state index contributed by atoms with van der Waals surface area (Å²) >= 11 is 0. The summed E-state index contributed by atoms with van der Waals surface area (Å²) in [4.78, 5) is 22.4. The van der Waals surface area contributed by atoms with Crippen LogP contribution in [0.25, 0.3) is 0 Å². The van der Waals surface area contributed by atoms with E-state index in [1.807, 2.05) is 0 Å². The maximum absolute atomic E-state index is 11.4. The van der Waals surface area contributed by atoms with E-state index < -0.39 is 5.97 Å². The molecular weight excluding hydrogens is 184 g/mol. The predicted molar refractivity (Wildman–Crippen MR) is 49.2 cm³/mol. The molecule has 1 heterocycles. The molecule has 1 rings (SSSR count). The molecule has 0 saturated carbocycles. The molecule has 0 aromatic carbocycles. The minimum atomic E-state index is -0.576. The number of esters is 1. The lowest BCUT2D eigenvalue weighted by Crippen LogP contribution is -2.06. The van der Waals surface area contributed by atoms with Gasteiger partial charge in [-0.2, -0.15) is 0 Å². The van der Waals surface area contributed by atoms with Crippen LogP contribution >= 0.6 is 0 Å². The highest BCUT2D eigenvalue weighted by Crippen LogP contribution is 2.13.